The average Bonchev–Trinajstić information content (AvgIpc) is 3.26. The van der Waals surface area contributed by atoms with Crippen molar-refractivity contribution in [2.24, 2.45) is 0 Å². The highest BCUT2D eigenvalue weighted by Crippen LogP contribution is 2.43. The number of benzene rings is 2. The summed E-state index contributed by atoms with van der Waals surface area (Å²) in [4.78, 5) is 25.2. The van der Waals surface area contributed by atoms with Crippen LogP contribution in [-0.4, -0.2) is 62.2 Å². The number of amides is 2. The highest BCUT2D eigenvalue weighted by molar-refractivity contribution is 6.33. The normalized spacial score (nSPS) is 25.3. The SMILES string of the molecule is COc1ccc(C(=O)NC[C@]23CO[C@H](CNC(=O)c4ccccc4Cl)[C@H]2OC(C)(C)O3)cc1. The monoisotopic (exact) mass is 474 g/mol. The maximum Gasteiger partial charge on any atom is 0.252 e. The van der Waals surface area contributed by atoms with Gasteiger partial charge in [0.2, 0.25) is 0 Å². The topological polar surface area (TPSA) is 95.1 Å². The minimum atomic E-state index is -0.870. The Kier molecular flexibility index (Phi) is 6.63. The number of fused-ring (bicyclic) bond motifs is 1. The fraction of sp³-hybridized carbons (Fsp3) is 0.417. The van der Waals surface area contributed by atoms with Gasteiger partial charge in [-0.15, -0.1) is 0 Å². The lowest BCUT2D eigenvalue weighted by Gasteiger charge is -2.27. The Balaban J connectivity index is 1.41. The molecule has 9 heteroatoms. The smallest absolute Gasteiger partial charge is 0.252 e. The van der Waals surface area contributed by atoms with E-state index in [2.05, 4.69) is 10.6 Å². The summed E-state index contributed by atoms with van der Waals surface area (Å²) in [5.41, 5.74) is 0.0225. The minimum Gasteiger partial charge on any atom is -0.497 e. The number of hydrogen-bond acceptors (Lipinski definition) is 6. The number of carbonyl (C=O) groups is 2. The highest BCUT2D eigenvalue weighted by atomic mass is 35.5. The summed E-state index contributed by atoms with van der Waals surface area (Å²) in [5.74, 6) is -0.725. The molecule has 2 saturated heterocycles. The molecule has 4 rings (SSSR count). The number of rotatable bonds is 7. The lowest BCUT2D eigenvalue weighted by Crippen LogP contribution is -2.52. The zero-order chi connectivity index (χ0) is 23.6. The summed E-state index contributed by atoms with van der Waals surface area (Å²) in [6.07, 6.45) is -0.925. The first-order valence-electron chi connectivity index (χ1n) is 10.7. The number of nitrogens with one attached hydrogen (secondary N) is 2. The second kappa shape index (κ2) is 9.30. The van der Waals surface area contributed by atoms with E-state index in [1.807, 2.05) is 13.8 Å². The number of halogens is 1. The summed E-state index contributed by atoms with van der Waals surface area (Å²) in [7, 11) is 1.57. The third-order valence-electron chi connectivity index (χ3n) is 5.74. The standard InChI is InChI=1S/C24H27ClN2O6/c1-23(2)32-20-19(12-26-22(29)17-6-4-5-7-18(17)25)31-14-24(20,33-23)13-27-21(28)15-8-10-16(30-3)11-9-15/h4-11,19-20H,12-14H2,1-3H3,(H,26,29)(H,27,28)/t19-,20-,24+/m1/s1. The fourth-order valence-corrected chi connectivity index (χ4v) is 4.43. The summed E-state index contributed by atoms with van der Waals surface area (Å²) < 4.78 is 23.4. The van der Waals surface area contributed by atoms with Crippen molar-refractivity contribution in [1.29, 1.82) is 0 Å². The first-order valence-corrected chi connectivity index (χ1v) is 11.1. The first kappa shape index (κ1) is 23.5. The lowest BCUT2D eigenvalue weighted by atomic mass is 9.96. The first-order chi connectivity index (χ1) is 15.7. The number of ether oxygens (including phenoxy) is 4. The molecular weight excluding hydrogens is 448 g/mol. The van der Waals surface area contributed by atoms with Crippen molar-refractivity contribution in [3.63, 3.8) is 0 Å². The molecule has 2 aromatic carbocycles. The van der Waals surface area contributed by atoms with Gasteiger partial charge in [-0.25, -0.2) is 0 Å². The third-order valence-corrected chi connectivity index (χ3v) is 6.07. The molecule has 2 heterocycles. The van der Waals surface area contributed by atoms with Crippen LogP contribution in [0, 0.1) is 0 Å². The van der Waals surface area contributed by atoms with Crippen LogP contribution in [0.15, 0.2) is 48.5 Å². The molecule has 176 valence electrons. The second-order valence-electron chi connectivity index (χ2n) is 8.56. The second-order valence-corrected chi connectivity index (χ2v) is 8.96. The number of hydrogen-bond donors (Lipinski definition) is 2. The van der Waals surface area contributed by atoms with Gasteiger partial charge in [-0.1, -0.05) is 23.7 Å². The van der Waals surface area contributed by atoms with Gasteiger partial charge in [0, 0.05) is 12.1 Å². The van der Waals surface area contributed by atoms with Crippen molar-refractivity contribution in [3.8, 4) is 5.75 Å². The van der Waals surface area contributed by atoms with Crippen molar-refractivity contribution in [1.82, 2.24) is 10.6 Å². The molecule has 0 aliphatic carbocycles. The van der Waals surface area contributed by atoms with Gasteiger partial charge in [0.1, 0.15) is 23.6 Å². The van der Waals surface area contributed by atoms with Crippen LogP contribution in [0.3, 0.4) is 0 Å². The van der Waals surface area contributed by atoms with E-state index in [9.17, 15) is 9.59 Å². The Labute approximate surface area is 197 Å². The fourth-order valence-electron chi connectivity index (χ4n) is 4.21. The molecule has 2 aliphatic heterocycles. The molecule has 0 saturated carbocycles. The van der Waals surface area contributed by atoms with Gasteiger partial charge in [-0.05, 0) is 50.2 Å². The molecule has 2 aromatic rings. The molecule has 0 unspecified atom stereocenters. The Bertz CT molecular complexity index is 1030. The highest BCUT2D eigenvalue weighted by Gasteiger charge is 2.61. The number of carbonyl (C=O) groups excluding carboxylic acids is 2. The van der Waals surface area contributed by atoms with Crippen LogP contribution in [-0.2, 0) is 14.2 Å². The Morgan fingerprint density at radius 1 is 1.09 bits per heavy atom. The van der Waals surface area contributed by atoms with Crippen LogP contribution in [0.4, 0.5) is 0 Å². The molecule has 2 N–H and O–H groups in total. The largest absolute Gasteiger partial charge is 0.497 e. The van der Waals surface area contributed by atoms with Crippen molar-refractivity contribution >= 4 is 23.4 Å². The van der Waals surface area contributed by atoms with E-state index < -0.39 is 23.6 Å². The molecule has 2 aliphatic rings. The van der Waals surface area contributed by atoms with Crippen LogP contribution in [0.1, 0.15) is 34.6 Å². The third kappa shape index (κ3) is 4.99. The van der Waals surface area contributed by atoms with E-state index in [0.717, 1.165) is 0 Å². The van der Waals surface area contributed by atoms with Gasteiger partial charge in [0.05, 0.1) is 30.8 Å². The molecule has 2 amide bonds. The Hall–Kier alpha value is -2.65. The molecule has 33 heavy (non-hydrogen) atoms. The molecule has 0 aromatic heterocycles. The summed E-state index contributed by atoms with van der Waals surface area (Å²) >= 11 is 6.12. The van der Waals surface area contributed by atoms with Crippen molar-refractivity contribution < 1.29 is 28.5 Å². The van der Waals surface area contributed by atoms with Gasteiger partial charge < -0.3 is 29.6 Å². The maximum atomic E-state index is 12.7. The van der Waals surface area contributed by atoms with E-state index in [1.165, 1.54) is 0 Å². The zero-order valence-electron chi connectivity index (χ0n) is 18.7. The van der Waals surface area contributed by atoms with E-state index in [0.29, 0.717) is 21.9 Å². The van der Waals surface area contributed by atoms with Crippen LogP contribution >= 0.6 is 11.6 Å². The molecule has 8 nitrogen and oxygen atoms in total. The van der Waals surface area contributed by atoms with Gasteiger partial charge in [0.15, 0.2) is 5.79 Å². The Morgan fingerprint density at radius 3 is 2.52 bits per heavy atom. The minimum absolute atomic E-state index is 0.195. The van der Waals surface area contributed by atoms with Crippen LogP contribution < -0.4 is 15.4 Å². The molecule has 2 fully saturated rings. The molecule has 3 atom stereocenters. The van der Waals surface area contributed by atoms with E-state index in [1.54, 1.807) is 55.6 Å². The van der Waals surface area contributed by atoms with Gasteiger partial charge in [-0.3, -0.25) is 9.59 Å². The predicted octanol–water partition coefficient (Wildman–Crippen LogP) is 2.80. The molecule has 0 bridgehead atoms. The van der Waals surface area contributed by atoms with Gasteiger partial charge in [0.25, 0.3) is 11.8 Å². The summed E-state index contributed by atoms with van der Waals surface area (Å²) in [6, 6.07) is 13.7. The van der Waals surface area contributed by atoms with Crippen molar-refractivity contribution in [3.05, 3.63) is 64.7 Å². The molecule has 0 spiro atoms. The van der Waals surface area contributed by atoms with Crippen LogP contribution in [0.5, 0.6) is 5.75 Å². The molecular formula is C24H27ClN2O6. The van der Waals surface area contributed by atoms with Crippen LogP contribution in [0.2, 0.25) is 5.02 Å². The Morgan fingerprint density at radius 2 is 1.82 bits per heavy atom. The van der Waals surface area contributed by atoms with Crippen molar-refractivity contribution in [2.45, 2.75) is 37.4 Å². The lowest BCUT2D eigenvalue weighted by molar-refractivity contribution is -0.188. The summed E-state index contributed by atoms with van der Waals surface area (Å²) in [6.45, 7) is 4.26. The predicted molar refractivity (Wildman–Crippen MR) is 122 cm³/mol. The summed E-state index contributed by atoms with van der Waals surface area (Å²) in [5, 5.41) is 6.16. The van der Waals surface area contributed by atoms with E-state index in [-0.39, 0.29) is 31.5 Å². The molecule has 0 radical (unpaired) electrons. The van der Waals surface area contributed by atoms with Gasteiger partial charge in [-0.2, -0.15) is 0 Å². The van der Waals surface area contributed by atoms with E-state index >= 15 is 0 Å². The van der Waals surface area contributed by atoms with Crippen LogP contribution in [0.25, 0.3) is 0 Å². The average molecular weight is 475 g/mol. The number of methoxy groups -OCH3 is 1. The quantitative estimate of drug-likeness (QED) is 0.640. The zero-order valence-corrected chi connectivity index (χ0v) is 19.5. The van der Waals surface area contributed by atoms with Gasteiger partial charge >= 0.3 is 0 Å². The van der Waals surface area contributed by atoms with Crippen molar-refractivity contribution in [2.75, 3.05) is 26.8 Å². The van der Waals surface area contributed by atoms with E-state index in [4.69, 9.17) is 30.5 Å². The maximum absolute atomic E-state index is 12.7.